The summed E-state index contributed by atoms with van der Waals surface area (Å²) >= 11 is 0. The Morgan fingerprint density at radius 1 is 1.03 bits per heavy atom. The second-order valence-corrected chi connectivity index (χ2v) is 8.48. The molecule has 0 unspecified atom stereocenters. The van der Waals surface area contributed by atoms with Crippen LogP contribution < -0.4 is 10.1 Å². The van der Waals surface area contributed by atoms with Crippen molar-refractivity contribution in [3.8, 4) is 22.6 Å². The van der Waals surface area contributed by atoms with Crippen molar-refractivity contribution in [3.05, 3.63) is 76.3 Å². The molecule has 3 aromatic rings. The molecule has 4 nitrogen and oxygen atoms in total. The van der Waals surface area contributed by atoms with Crippen molar-refractivity contribution in [1.29, 1.82) is 0 Å². The highest BCUT2D eigenvalue weighted by Gasteiger charge is 2.36. The summed E-state index contributed by atoms with van der Waals surface area (Å²) < 4.78 is 44.5. The normalized spacial score (nSPS) is 14.2. The summed E-state index contributed by atoms with van der Waals surface area (Å²) in [6.07, 6.45) is -4.46. The first-order chi connectivity index (χ1) is 14.9. The van der Waals surface area contributed by atoms with Crippen molar-refractivity contribution in [1.82, 2.24) is 0 Å². The van der Waals surface area contributed by atoms with Crippen LogP contribution >= 0.6 is 0 Å². The maximum Gasteiger partial charge on any atom is 0.416 e. The summed E-state index contributed by atoms with van der Waals surface area (Å²) in [6, 6.07) is 11.7. The Hall–Kier alpha value is -3.48. The van der Waals surface area contributed by atoms with Gasteiger partial charge in [-0.25, -0.2) is 0 Å². The minimum Gasteiger partial charge on any atom is -0.506 e. The molecule has 1 heterocycles. The standard InChI is InChI=1S/C25H22F3NO3/c1-13-5-10-18-17(11-13)21-19(32-24(18,3)4)12-14(2)20(22(21)30)23(31)29-16-8-6-15(7-9-16)25(26,27)28/h5-12,30H,1-4H3,(H,29,31). The molecule has 2 N–H and O–H groups in total. The zero-order valence-electron chi connectivity index (χ0n) is 18.0. The molecule has 0 fully saturated rings. The zero-order chi connectivity index (χ0) is 23.4. The van der Waals surface area contributed by atoms with E-state index in [0.717, 1.165) is 28.8 Å². The van der Waals surface area contributed by atoms with Gasteiger partial charge in [0.2, 0.25) is 0 Å². The molecule has 0 atom stereocenters. The number of benzene rings is 3. The van der Waals surface area contributed by atoms with Crippen LogP contribution in [0, 0.1) is 13.8 Å². The Labute approximate surface area is 183 Å². The maximum atomic E-state index is 13.0. The summed E-state index contributed by atoms with van der Waals surface area (Å²) in [5.74, 6) is -0.387. The van der Waals surface area contributed by atoms with Gasteiger partial charge in [0.15, 0.2) is 0 Å². The molecule has 1 aliphatic rings. The van der Waals surface area contributed by atoms with Crippen molar-refractivity contribution in [3.63, 3.8) is 0 Å². The van der Waals surface area contributed by atoms with Gasteiger partial charge in [-0.3, -0.25) is 4.79 Å². The Morgan fingerprint density at radius 3 is 2.31 bits per heavy atom. The predicted octanol–water partition coefficient (Wildman–Crippen LogP) is 6.57. The Bertz CT molecular complexity index is 1230. The van der Waals surface area contributed by atoms with E-state index in [4.69, 9.17) is 4.74 Å². The van der Waals surface area contributed by atoms with Crippen LogP contribution in [0.5, 0.6) is 11.5 Å². The van der Waals surface area contributed by atoms with Crippen LogP contribution in [0.15, 0.2) is 48.5 Å². The predicted molar refractivity (Wildman–Crippen MR) is 116 cm³/mol. The first kappa shape index (κ1) is 21.7. The Balaban J connectivity index is 1.76. The SMILES string of the molecule is Cc1ccc2c(c1)-c1c(cc(C)c(C(=O)Nc3ccc(C(F)(F)F)cc3)c1O)OC2(C)C. The van der Waals surface area contributed by atoms with Crippen LogP contribution in [0.2, 0.25) is 0 Å². The molecule has 0 saturated heterocycles. The van der Waals surface area contributed by atoms with Crippen LogP contribution in [0.1, 0.15) is 46.5 Å². The van der Waals surface area contributed by atoms with E-state index in [2.05, 4.69) is 5.32 Å². The number of fused-ring (bicyclic) bond motifs is 3. The molecule has 0 aliphatic carbocycles. The minimum absolute atomic E-state index is 0.0411. The summed E-state index contributed by atoms with van der Waals surface area (Å²) in [4.78, 5) is 13.0. The highest BCUT2D eigenvalue weighted by atomic mass is 19.4. The molecule has 7 heteroatoms. The molecule has 0 saturated carbocycles. The van der Waals surface area contributed by atoms with Crippen LogP contribution in [0.3, 0.4) is 0 Å². The number of halogens is 3. The molecule has 4 rings (SSSR count). The lowest BCUT2D eigenvalue weighted by atomic mass is 9.83. The maximum absolute atomic E-state index is 13.0. The molecule has 1 aliphatic heterocycles. The monoisotopic (exact) mass is 441 g/mol. The van der Waals surface area contributed by atoms with E-state index in [0.29, 0.717) is 16.9 Å². The van der Waals surface area contributed by atoms with Crippen LogP contribution in [0.4, 0.5) is 18.9 Å². The number of phenols is 1. The van der Waals surface area contributed by atoms with Gasteiger partial charge in [0.1, 0.15) is 17.1 Å². The van der Waals surface area contributed by atoms with E-state index < -0.39 is 23.2 Å². The number of amides is 1. The number of hydrogen-bond donors (Lipinski definition) is 2. The topological polar surface area (TPSA) is 58.6 Å². The smallest absolute Gasteiger partial charge is 0.416 e. The third-order valence-electron chi connectivity index (χ3n) is 5.62. The lowest BCUT2D eigenvalue weighted by molar-refractivity contribution is -0.137. The number of anilines is 1. The van der Waals surface area contributed by atoms with Gasteiger partial charge in [0.25, 0.3) is 5.91 Å². The second-order valence-electron chi connectivity index (χ2n) is 8.48. The molecule has 0 aromatic heterocycles. The quantitative estimate of drug-likeness (QED) is 0.473. The minimum atomic E-state index is -4.46. The number of aryl methyl sites for hydroxylation is 2. The number of phenolic OH excluding ortho intramolecular Hbond substituents is 1. The van der Waals surface area contributed by atoms with Gasteiger partial charge in [-0.1, -0.05) is 23.8 Å². The van der Waals surface area contributed by atoms with Crippen molar-refractivity contribution < 1.29 is 27.8 Å². The Kier molecular flexibility index (Phi) is 4.95. The molecule has 166 valence electrons. The fourth-order valence-electron chi connectivity index (χ4n) is 4.05. The largest absolute Gasteiger partial charge is 0.506 e. The number of hydrogen-bond acceptors (Lipinski definition) is 3. The van der Waals surface area contributed by atoms with Gasteiger partial charge in [0, 0.05) is 11.3 Å². The number of alkyl halides is 3. The van der Waals surface area contributed by atoms with Gasteiger partial charge < -0.3 is 15.2 Å². The van der Waals surface area contributed by atoms with Crippen LogP contribution in [-0.4, -0.2) is 11.0 Å². The van der Waals surface area contributed by atoms with Crippen molar-refractivity contribution >= 4 is 11.6 Å². The summed E-state index contributed by atoms with van der Waals surface area (Å²) in [5.41, 5.74) is 2.34. The van der Waals surface area contributed by atoms with Gasteiger partial charge >= 0.3 is 6.18 Å². The third kappa shape index (κ3) is 3.68. The number of rotatable bonds is 2. The van der Waals surface area contributed by atoms with E-state index in [1.165, 1.54) is 12.1 Å². The van der Waals surface area contributed by atoms with Crippen molar-refractivity contribution in [2.75, 3.05) is 5.32 Å². The highest BCUT2D eigenvalue weighted by molar-refractivity contribution is 6.09. The Morgan fingerprint density at radius 2 is 1.69 bits per heavy atom. The van der Waals surface area contributed by atoms with Gasteiger partial charge in [0.05, 0.1) is 16.7 Å². The number of nitrogens with one attached hydrogen (secondary N) is 1. The summed E-state index contributed by atoms with van der Waals surface area (Å²) in [7, 11) is 0. The van der Waals surface area contributed by atoms with Gasteiger partial charge in [-0.2, -0.15) is 13.2 Å². The highest BCUT2D eigenvalue weighted by Crippen LogP contribution is 2.51. The van der Waals surface area contributed by atoms with E-state index >= 15 is 0 Å². The lowest BCUT2D eigenvalue weighted by Crippen LogP contribution is -2.29. The fraction of sp³-hybridized carbons (Fsp3) is 0.240. The first-order valence-electron chi connectivity index (χ1n) is 10.0. The third-order valence-corrected chi connectivity index (χ3v) is 5.62. The average molecular weight is 441 g/mol. The van der Waals surface area contributed by atoms with Crippen LogP contribution in [-0.2, 0) is 11.8 Å². The van der Waals surface area contributed by atoms with Crippen LogP contribution in [0.25, 0.3) is 11.1 Å². The number of ether oxygens (including phenoxy) is 1. The number of carbonyl (C=O) groups is 1. The van der Waals surface area contributed by atoms with Gasteiger partial charge in [-0.05, 0) is 69.2 Å². The summed E-state index contributed by atoms with van der Waals surface area (Å²) in [5, 5.41) is 13.7. The van der Waals surface area contributed by atoms with Gasteiger partial charge in [-0.15, -0.1) is 0 Å². The first-order valence-corrected chi connectivity index (χ1v) is 10.0. The van der Waals surface area contributed by atoms with E-state index in [9.17, 15) is 23.1 Å². The molecule has 1 amide bonds. The number of aromatic hydroxyl groups is 1. The lowest BCUT2D eigenvalue weighted by Gasteiger charge is -2.36. The molecular weight excluding hydrogens is 419 g/mol. The summed E-state index contributed by atoms with van der Waals surface area (Å²) in [6.45, 7) is 7.47. The molecular formula is C25H22F3NO3. The molecule has 0 radical (unpaired) electrons. The second kappa shape index (κ2) is 7.29. The average Bonchev–Trinajstić information content (AvgIpc) is 2.66. The number of carbonyl (C=O) groups excluding carboxylic acids is 1. The molecule has 0 bridgehead atoms. The van der Waals surface area contributed by atoms with E-state index in [-0.39, 0.29) is 17.0 Å². The molecule has 32 heavy (non-hydrogen) atoms. The van der Waals surface area contributed by atoms with E-state index in [1.54, 1.807) is 13.0 Å². The fourth-order valence-corrected chi connectivity index (χ4v) is 4.05. The zero-order valence-corrected chi connectivity index (χ0v) is 18.0. The molecule has 3 aromatic carbocycles. The molecule has 0 spiro atoms. The van der Waals surface area contributed by atoms with Crippen molar-refractivity contribution in [2.24, 2.45) is 0 Å². The van der Waals surface area contributed by atoms with E-state index in [1.807, 2.05) is 39.0 Å². The van der Waals surface area contributed by atoms with Crippen molar-refractivity contribution in [2.45, 2.75) is 39.5 Å².